The van der Waals surface area contributed by atoms with Crippen molar-refractivity contribution < 1.29 is 14.3 Å². The second kappa shape index (κ2) is 8.78. The van der Waals surface area contributed by atoms with Gasteiger partial charge in [-0.05, 0) is 36.4 Å². The van der Waals surface area contributed by atoms with Crippen LogP contribution in [-0.2, 0) is 4.79 Å². The Labute approximate surface area is 176 Å². The van der Waals surface area contributed by atoms with Crippen molar-refractivity contribution in [3.05, 3.63) is 54.9 Å². The summed E-state index contributed by atoms with van der Waals surface area (Å²) in [6.07, 6.45) is 3.37. The van der Waals surface area contributed by atoms with Crippen LogP contribution in [0.1, 0.15) is 0 Å². The van der Waals surface area contributed by atoms with E-state index in [4.69, 9.17) is 9.47 Å². The lowest BCUT2D eigenvalue weighted by Gasteiger charge is -2.11. The largest absolute Gasteiger partial charge is 0.497 e. The van der Waals surface area contributed by atoms with Crippen molar-refractivity contribution in [3.8, 4) is 22.9 Å². The van der Waals surface area contributed by atoms with E-state index in [1.54, 1.807) is 42.2 Å². The van der Waals surface area contributed by atoms with E-state index in [-0.39, 0.29) is 11.7 Å². The van der Waals surface area contributed by atoms with Crippen LogP contribution in [0.2, 0.25) is 0 Å². The zero-order chi connectivity index (χ0) is 20.9. The standard InChI is InChI=1S/C20H18N6O3S/c1-28-14-3-4-15(16(11-14)29-2)22-18(27)12-30-19-6-5-17-23-24-20(26(17)25-19)13-7-9-21-10-8-13/h3-11H,12H2,1-2H3,(H,22,27). The molecule has 9 nitrogen and oxygen atoms in total. The molecule has 0 aliphatic heterocycles. The number of hydrogen-bond donors (Lipinski definition) is 1. The maximum atomic E-state index is 12.4. The molecule has 10 heteroatoms. The van der Waals surface area contributed by atoms with Crippen LogP contribution >= 0.6 is 11.8 Å². The van der Waals surface area contributed by atoms with E-state index in [0.717, 1.165) is 5.56 Å². The first-order valence-electron chi connectivity index (χ1n) is 8.95. The third-order valence-electron chi connectivity index (χ3n) is 4.21. The maximum Gasteiger partial charge on any atom is 0.234 e. The number of nitrogens with one attached hydrogen (secondary N) is 1. The van der Waals surface area contributed by atoms with E-state index in [0.29, 0.717) is 33.7 Å². The number of carbonyl (C=O) groups excluding carboxylic acids is 1. The Bertz CT molecular complexity index is 1180. The van der Waals surface area contributed by atoms with Gasteiger partial charge in [0.25, 0.3) is 0 Å². The number of anilines is 1. The van der Waals surface area contributed by atoms with Crippen LogP contribution in [0.4, 0.5) is 5.69 Å². The third-order valence-corrected chi connectivity index (χ3v) is 5.13. The number of carbonyl (C=O) groups is 1. The predicted octanol–water partition coefficient (Wildman–Crippen LogP) is 2.93. The van der Waals surface area contributed by atoms with Crippen LogP contribution < -0.4 is 14.8 Å². The van der Waals surface area contributed by atoms with Crippen LogP contribution in [0, 0.1) is 0 Å². The Balaban J connectivity index is 1.47. The monoisotopic (exact) mass is 422 g/mol. The van der Waals surface area contributed by atoms with E-state index in [2.05, 4.69) is 25.6 Å². The molecule has 0 bridgehead atoms. The number of pyridine rings is 1. The molecule has 152 valence electrons. The lowest BCUT2D eigenvalue weighted by molar-refractivity contribution is -0.113. The molecule has 0 saturated heterocycles. The summed E-state index contributed by atoms with van der Waals surface area (Å²) in [5.74, 6) is 1.79. The smallest absolute Gasteiger partial charge is 0.234 e. The van der Waals surface area contributed by atoms with Gasteiger partial charge in [0, 0.05) is 24.0 Å². The van der Waals surface area contributed by atoms with Crippen molar-refractivity contribution in [1.29, 1.82) is 0 Å². The molecule has 0 atom stereocenters. The number of nitrogens with zero attached hydrogens (tertiary/aromatic N) is 5. The highest BCUT2D eigenvalue weighted by molar-refractivity contribution is 7.99. The van der Waals surface area contributed by atoms with Crippen molar-refractivity contribution in [2.75, 3.05) is 25.3 Å². The summed E-state index contributed by atoms with van der Waals surface area (Å²) in [7, 11) is 3.11. The summed E-state index contributed by atoms with van der Waals surface area (Å²) >= 11 is 1.31. The van der Waals surface area contributed by atoms with Crippen molar-refractivity contribution in [2.45, 2.75) is 5.03 Å². The van der Waals surface area contributed by atoms with Crippen LogP contribution in [0.15, 0.2) is 59.9 Å². The van der Waals surface area contributed by atoms with E-state index in [9.17, 15) is 4.79 Å². The Hall–Kier alpha value is -3.66. The van der Waals surface area contributed by atoms with Gasteiger partial charge in [-0.3, -0.25) is 9.78 Å². The number of rotatable bonds is 7. The molecular weight excluding hydrogens is 404 g/mol. The summed E-state index contributed by atoms with van der Waals surface area (Å²) in [5.41, 5.74) is 2.06. The van der Waals surface area contributed by atoms with Gasteiger partial charge in [0.2, 0.25) is 5.91 Å². The number of methoxy groups -OCH3 is 2. The molecule has 0 unspecified atom stereocenters. The summed E-state index contributed by atoms with van der Waals surface area (Å²) in [6.45, 7) is 0. The fourth-order valence-corrected chi connectivity index (χ4v) is 3.41. The quantitative estimate of drug-likeness (QED) is 0.454. The minimum absolute atomic E-state index is 0.177. The fourth-order valence-electron chi connectivity index (χ4n) is 2.76. The summed E-state index contributed by atoms with van der Waals surface area (Å²) < 4.78 is 12.1. The Kier molecular flexibility index (Phi) is 5.75. The fraction of sp³-hybridized carbons (Fsp3) is 0.150. The van der Waals surface area contributed by atoms with E-state index >= 15 is 0 Å². The summed E-state index contributed by atoms with van der Waals surface area (Å²) in [5, 5.41) is 16.4. The first-order valence-corrected chi connectivity index (χ1v) is 9.94. The van der Waals surface area contributed by atoms with Crippen molar-refractivity contribution in [3.63, 3.8) is 0 Å². The van der Waals surface area contributed by atoms with Gasteiger partial charge < -0.3 is 14.8 Å². The maximum absolute atomic E-state index is 12.4. The minimum atomic E-state index is -0.177. The zero-order valence-corrected chi connectivity index (χ0v) is 17.1. The Morgan fingerprint density at radius 2 is 1.90 bits per heavy atom. The van der Waals surface area contributed by atoms with Gasteiger partial charge >= 0.3 is 0 Å². The Morgan fingerprint density at radius 3 is 2.67 bits per heavy atom. The molecule has 3 aromatic heterocycles. The molecule has 30 heavy (non-hydrogen) atoms. The highest BCUT2D eigenvalue weighted by Crippen LogP contribution is 2.29. The molecule has 4 aromatic rings. The number of fused-ring (bicyclic) bond motifs is 1. The molecule has 0 fully saturated rings. The third kappa shape index (κ3) is 4.18. The van der Waals surface area contributed by atoms with Gasteiger partial charge in [0.05, 0.1) is 25.7 Å². The molecule has 4 rings (SSSR count). The van der Waals surface area contributed by atoms with E-state index in [1.807, 2.05) is 24.3 Å². The lowest BCUT2D eigenvalue weighted by Crippen LogP contribution is -2.15. The highest BCUT2D eigenvalue weighted by Gasteiger charge is 2.12. The number of hydrogen-bond acceptors (Lipinski definition) is 8. The number of thioether (sulfide) groups is 1. The number of ether oxygens (including phenoxy) is 2. The number of amides is 1. The number of benzene rings is 1. The molecule has 3 heterocycles. The summed E-state index contributed by atoms with van der Waals surface area (Å²) in [4.78, 5) is 16.4. The molecule has 0 aliphatic carbocycles. The zero-order valence-electron chi connectivity index (χ0n) is 16.3. The molecule has 0 radical (unpaired) electrons. The van der Waals surface area contributed by atoms with Crippen molar-refractivity contribution in [2.24, 2.45) is 0 Å². The van der Waals surface area contributed by atoms with E-state index in [1.165, 1.54) is 18.9 Å². The van der Waals surface area contributed by atoms with Gasteiger partial charge in [-0.2, -0.15) is 9.61 Å². The number of aromatic nitrogens is 5. The normalized spacial score (nSPS) is 10.7. The second-order valence-corrected chi connectivity index (χ2v) is 7.10. The van der Waals surface area contributed by atoms with Crippen LogP contribution in [0.25, 0.3) is 17.0 Å². The first-order chi connectivity index (χ1) is 14.7. The van der Waals surface area contributed by atoms with Crippen molar-refractivity contribution >= 4 is 29.0 Å². The summed E-state index contributed by atoms with van der Waals surface area (Å²) in [6, 6.07) is 12.5. The average molecular weight is 422 g/mol. The molecule has 1 N–H and O–H groups in total. The minimum Gasteiger partial charge on any atom is -0.497 e. The SMILES string of the molecule is COc1ccc(NC(=O)CSc2ccc3nnc(-c4ccncc4)n3n2)c(OC)c1. The molecule has 1 aromatic carbocycles. The van der Waals surface area contributed by atoms with Crippen molar-refractivity contribution in [1.82, 2.24) is 24.8 Å². The van der Waals surface area contributed by atoms with Gasteiger partial charge in [-0.25, -0.2) is 0 Å². The predicted molar refractivity (Wildman–Crippen MR) is 113 cm³/mol. The van der Waals surface area contributed by atoms with Gasteiger partial charge in [-0.15, -0.1) is 10.2 Å². The molecule has 0 spiro atoms. The van der Waals surface area contributed by atoms with Crippen LogP contribution in [0.3, 0.4) is 0 Å². The highest BCUT2D eigenvalue weighted by atomic mass is 32.2. The van der Waals surface area contributed by atoms with Gasteiger partial charge in [-0.1, -0.05) is 11.8 Å². The lowest BCUT2D eigenvalue weighted by atomic mass is 10.2. The molecule has 1 amide bonds. The second-order valence-electron chi connectivity index (χ2n) is 6.10. The van der Waals surface area contributed by atoms with Crippen LogP contribution in [-0.4, -0.2) is 50.7 Å². The van der Waals surface area contributed by atoms with Gasteiger partial charge in [0.15, 0.2) is 11.5 Å². The topological polar surface area (TPSA) is 104 Å². The molecule has 0 saturated carbocycles. The van der Waals surface area contributed by atoms with Gasteiger partial charge in [0.1, 0.15) is 16.5 Å². The average Bonchev–Trinajstić information content (AvgIpc) is 3.22. The van der Waals surface area contributed by atoms with E-state index < -0.39 is 0 Å². The van der Waals surface area contributed by atoms with Crippen LogP contribution in [0.5, 0.6) is 11.5 Å². The molecule has 0 aliphatic rings. The first kappa shape index (κ1) is 19.6. The Morgan fingerprint density at radius 1 is 1.07 bits per heavy atom. The molecular formula is C20H18N6O3S.